The van der Waals surface area contributed by atoms with Gasteiger partial charge in [0, 0.05) is 10.7 Å². The number of ether oxygens (including phenoxy) is 1. The lowest BCUT2D eigenvalue weighted by Gasteiger charge is -2.31. The molecule has 1 amide bonds. The van der Waals surface area contributed by atoms with Crippen molar-refractivity contribution in [1.82, 2.24) is 5.32 Å². The average molecular weight is 391 g/mol. The Morgan fingerprint density at radius 3 is 2.79 bits per heavy atom. The lowest BCUT2D eigenvalue weighted by Crippen LogP contribution is -2.52. The summed E-state index contributed by atoms with van der Waals surface area (Å²) in [5, 5.41) is 4.50. The van der Waals surface area contributed by atoms with Crippen LogP contribution in [0, 0.1) is 5.92 Å². The smallest absolute Gasteiger partial charge is 0.227 e. The Hall–Kier alpha value is -0.550. The number of para-hydroxylation sites is 1. The Labute approximate surface area is 130 Å². The number of halogens is 2. The summed E-state index contributed by atoms with van der Waals surface area (Å²) < 4.78 is 5.65. The molecule has 0 radical (unpaired) electrons. The van der Waals surface area contributed by atoms with E-state index < -0.39 is 0 Å². The molecule has 19 heavy (non-hydrogen) atoms. The molecular formula is C14H17Br2NO2. The number of nitrogens with one attached hydrogen (secondary N) is 1. The van der Waals surface area contributed by atoms with Crippen molar-refractivity contribution in [3.63, 3.8) is 0 Å². The van der Waals surface area contributed by atoms with Crippen molar-refractivity contribution in [3.8, 4) is 5.75 Å². The highest BCUT2D eigenvalue weighted by Crippen LogP contribution is 2.27. The first-order chi connectivity index (χ1) is 9.08. The Kier molecular flexibility index (Phi) is 4.90. The number of rotatable bonds is 4. The van der Waals surface area contributed by atoms with Gasteiger partial charge >= 0.3 is 0 Å². The van der Waals surface area contributed by atoms with Gasteiger partial charge in [-0.15, -0.1) is 0 Å². The van der Waals surface area contributed by atoms with E-state index in [9.17, 15) is 4.79 Å². The molecule has 0 aromatic heterocycles. The van der Waals surface area contributed by atoms with Crippen molar-refractivity contribution in [2.75, 3.05) is 17.3 Å². The second-order valence-corrected chi connectivity index (χ2v) is 6.26. The lowest BCUT2D eigenvalue weighted by atomic mass is 9.95. The first kappa shape index (κ1) is 14.9. The number of benzene rings is 1. The van der Waals surface area contributed by atoms with Gasteiger partial charge in [0.25, 0.3) is 0 Å². The molecule has 2 rings (SSSR count). The molecule has 0 bridgehead atoms. The molecule has 1 heterocycles. The minimum Gasteiger partial charge on any atom is -0.492 e. The number of hydrogen-bond acceptors (Lipinski definition) is 2. The Morgan fingerprint density at radius 2 is 2.11 bits per heavy atom. The van der Waals surface area contributed by atoms with E-state index in [0.717, 1.165) is 17.7 Å². The summed E-state index contributed by atoms with van der Waals surface area (Å²) in [6.07, 6.45) is 0.739. The third kappa shape index (κ3) is 3.51. The molecule has 0 fully saturated rings. The van der Waals surface area contributed by atoms with E-state index in [0.29, 0.717) is 17.3 Å². The minimum atomic E-state index is -0.270. The first-order valence-corrected chi connectivity index (χ1v) is 8.47. The molecule has 104 valence electrons. The van der Waals surface area contributed by atoms with Crippen LogP contribution in [-0.4, -0.2) is 28.7 Å². The fourth-order valence-electron chi connectivity index (χ4n) is 2.00. The van der Waals surface area contributed by atoms with E-state index in [4.69, 9.17) is 4.74 Å². The van der Waals surface area contributed by atoms with Gasteiger partial charge in [0.1, 0.15) is 12.4 Å². The predicted octanol–water partition coefficient (Wildman–Crippen LogP) is 2.90. The van der Waals surface area contributed by atoms with Crippen molar-refractivity contribution in [2.45, 2.75) is 18.9 Å². The molecule has 1 atom stereocenters. The van der Waals surface area contributed by atoms with Crippen LogP contribution in [0.25, 0.3) is 0 Å². The zero-order valence-electron chi connectivity index (χ0n) is 10.8. The normalized spacial score (nSPS) is 18.4. The molecule has 0 saturated heterocycles. The maximum absolute atomic E-state index is 12.3. The van der Waals surface area contributed by atoms with Gasteiger partial charge in [-0.1, -0.05) is 50.1 Å². The summed E-state index contributed by atoms with van der Waals surface area (Å²) in [7, 11) is 0. The fourth-order valence-corrected chi connectivity index (χ4v) is 3.21. The van der Waals surface area contributed by atoms with Gasteiger partial charge in [0.15, 0.2) is 0 Å². The van der Waals surface area contributed by atoms with Crippen LogP contribution in [0.1, 0.15) is 12.5 Å². The zero-order chi connectivity index (χ0) is 13.9. The molecule has 1 aliphatic heterocycles. The first-order valence-electron chi connectivity index (χ1n) is 6.22. The van der Waals surface area contributed by atoms with Gasteiger partial charge in [-0.25, -0.2) is 0 Å². The van der Waals surface area contributed by atoms with Crippen LogP contribution in [0.5, 0.6) is 5.75 Å². The van der Waals surface area contributed by atoms with E-state index in [1.807, 2.05) is 31.2 Å². The summed E-state index contributed by atoms with van der Waals surface area (Å²) in [6, 6.07) is 7.89. The van der Waals surface area contributed by atoms with Crippen LogP contribution in [0.4, 0.5) is 0 Å². The summed E-state index contributed by atoms with van der Waals surface area (Å²) in [5.41, 5.74) is 0.835. The molecule has 1 unspecified atom stereocenters. The molecule has 0 spiro atoms. The SMILES string of the molecule is CC(CBr)(CBr)NC(=O)C1COc2ccccc2C1. The Balaban J connectivity index is 2.03. The van der Waals surface area contributed by atoms with E-state index >= 15 is 0 Å². The highest BCUT2D eigenvalue weighted by Gasteiger charge is 2.31. The number of hydrogen-bond donors (Lipinski definition) is 1. The van der Waals surface area contributed by atoms with Crippen LogP contribution >= 0.6 is 31.9 Å². The Bertz CT molecular complexity index is 461. The highest BCUT2D eigenvalue weighted by molar-refractivity contribution is 9.09. The second kappa shape index (κ2) is 6.27. The lowest BCUT2D eigenvalue weighted by molar-refractivity contribution is -0.127. The van der Waals surface area contributed by atoms with Crippen molar-refractivity contribution >= 4 is 37.8 Å². The second-order valence-electron chi connectivity index (χ2n) is 5.14. The molecule has 1 N–H and O–H groups in total. The summed E-state index contributed by atoms with van der Waals surface area (Å²) >= 11 is 6.87. The number of amides is 1. The number of carbonyl (C=O) groups is 1. The largest absolute Gasteiger partial charge is 0.492 e. The quantitative estimate of drug-likeness (QED) is 0.802. The fraction of sp³-hybridized carbons (Fsp3) is 0.500. The van der Waals surface area contributed by atoms with Crippen molar-refractivity contribution < 1.29 is 9.53 Å². The predicted molar refractivity (Wildman–Crippen MR) is 83.3 cm³/mol. The topological polar surface area (TPSA) is 38.3 Å². The average Bonchev–Trinajstić information content (AvgIpc) is 2.46. The van der Waals surface area contributed by atoms with Crippen molar-refractivity contribution in [1.29, 1.82) is 0 Å². The maximum atomic E-state index is 12.3. The zero-order valence-corrected chi connectivity index (χ0v) is 14.0. The summed E-state index contributed by atoms with van der Waals surface area (Å²) in [5.74, 6) is 0.832. The van der Waals surface area contributed by atoms with Crippen LogP contribution in [0.3, 0.4) is 0 Å². The minimum absolute atomic E-state index is 0.0518. The van der Waals surface area contributed by atoms with E-state index in [1.54, 1.807) is 0 Å². The third-order valence-corrected chi connectivity index (χ3v) is 5.74. The standard InChI is InChI=1S/C14H17Br2NO2/c1-14(8-15,9-16)17-13(18)11-6-10-4-2-3-5-12(10)19-7-11/h2-5,11H,6-9H2,1H3,(H,17,18). The molecule has 1 aromatic rings. The molecule has 0 aliphatic carbocycles. The van der Waals surface area contributed by atoms with Gasteiger partial charge in [-0.2, -0.15) is 0 Å². The monoisotopic (exact) mass is 389 g/mol. The van der Waals surface area contributed by atoms with E-state index in [1.165, 1.54) is 0 Å². The van der Waals surface area contributed by atoms with Gasteiger partial charge < -0.3 is 10.1 Å². The van der Waals surface area contributed by atoms with Crippen LogP contribution in [0.2, 0.25) is 0 Å². The molecule has 0 saturated carbocycles. The van der Waals surface area contributed by atoms with Crippen LogP contribution < -0.4 is 10.1 Å². The number of alkyl halides is 2. The number of fused-ring (bicyclic) bond motifs is 1. The van der Waals surface area contributed by atoms with Crippen LogP contribution in [0.15, 0.2) is 24.3 Å². The molecule has 1 aromatic carbocycles. The molecular weight excluding hydrogens is 374 g/mol. The molecule has 3 nitrogen and oxygen atoms in total. The van der Waals surface area contributed by atoms with Crippen LogP contribution in [-0.2, 0) is 11.2 Å². The summed E-state index contributed by atoms with van der Waals surface area (Å²) in [4.78, 5) is 12.3. The van der Waals surface area contributed by atoms with E-state index in [-0.39, 0.29) is 17.4 Å². The van der Waals surface area contributed by atoms with E-state index in [2.05, 4.69) is 37.2 Å². The Morgan fingerprint density at radius 1 is 1.42 bits per heavy atom. The van der Waals surface area contributed by atoms with Gasteiger partial charge in [-0.05, 0) is 25.0 Å². The van der Waals surface area contributed by atoms with Crippen molar-refractivity contribution in [3.05, 3.63) is 29.8 Å². The highest BCUT2D eigenvalue weighted by atomic mass is 79.9. The van der Waals surface area contributed by atoms with Gasteiger partial charge in [0.05, 0.1) is 11.5 Å². The number of carbonyl (C=O) groups excluding carboxylic acids is 1. The molecule has 5 heteroatoms. The van der Waals surface area contributed by atoms with Crippen molar-refractivity contribution in [2.24, 2.45) is 5.92 Å². The van der Waals surface area contributed by atoms with Gasteiger partial charge in [-0.3, -0.25) is 4.79 Å². The summed E-state index contributed by atoms with van der Waals surface area (Å²) in [6.45, 7) is 2.45. The molecule has 1 aliphatic rings. The third-order valence-electron chi connectivity index (χ3n) is 3.26. The maximum Gasteiger partial charge on any atom is 0.227 e. The van der Waals surface area contributed by atoms with Gasteiger partial charge in [0.2, 0.25) is 5.91 Å².